The number of carbonyl (C=O) groups is 2. The van der Waals surface area contributed by atoms with E-state index in [0.717, 1.165) is 18.4 Å². The van der Waals surface area contributed by atoms with Gasteiger partial charge in [-0.3, -0.25) is 13.9 Å². The van der Waals surface area contributed by atoms with Crippen molar-refractivity contribution in [2.75, 3.05) is 10.8 Å². The highest BCUT2D eigenvalue weighted by Gasteiger charge is 2.52. The summed E-state index contributed by atoms with van der Waals surface area (Å²) in [6.45, 7) is 0.0470. The van der Waals surface area contributed by atoms with E-state index in [4.69, 9.17) is 27.9 Å². The third-order valence-electron chi connectivity index (χ3n) is 8.35. The fraction of sp³-hybridized carbons (Fsp3) is 0.375. The van der Waals surface area contributed by atoms with Crippen LogP contribution in [-0.4, -0.2) is 54.2 Å². The average molecular weight is 644 g/mol. The number of sulfonamides is 1. The number of carboxylic acids is 1. The SMILES string of the molecule is O=C(O)C[C@@H]1O[C@H](c2cccc(Cl)c2)[C@@H](c2ccc(Cl)cc2)N([C@H](CN(c2ccccc2)S(=O)(=O)C2CC2)C2CC2)C1=O. The van der Waals surface area contributed by atoms with Crippen LogP contribution in [0.3, 0.4) is 0 Å². The minimum atomic E-state index is -3.69. The van der Waals surface area contributed by atoms with Gasteiger partial charge >= 0.3 is 5.97 Å². The first-order valence-electron chi connectivity index (χ1n) is 14.4. The molecule has 1 N–H and O–H groups in total. The van der Waals surface area contributed by atoms with Gasteiger partial charge in [0.05, 0.1) is 36.0 Å². The Hall–Kier alpha value is -3.11. The summed E-state index contributed by atoms with van der Waals surface area (Å²) in [6.07, 6.45) is 0.271. The Balaban J connectivity index is 1.49. The number of aliphatic carboxylic acids is 1. The van der Waals surface area contributed by atoms with E-state index in [-0.39, 0.29) is 12.5 Å². The first kappa shape index (κ1) is 29.9. The van der Waals surface area contributed by atoms with Crippen LogP contribution in [0.4, 0.5) is 5.69 Å². The van der Waals surface area contributed by atoms with Gasteiger partial charge in [-0.1, -0.05) is 65.7 Å². The molecule has 1 aliphatic heterocycles. The first-order valence-corrected chi connectivity index (χ1v) is 16.7. The number of benzene rings is 3. The van der Waals surface area contributed by atoms with Crippen LogP contribution >= 0.6 is 23.2 Å². The van der Waals surface area contributed by atoms with Crippen LogP contribution < -0.4 is 4.31 Å². The van der Waals surface area contributed by atoms with Gasteiger partial charge in [0.1, 0.15) is 12.2 Å². The molecule has 226 valence electrons. The predicted molar refractivity (Wildman–Crippen MR) is 165 cm³/mol. The molecule has 0 radical (unpaired) electrons. The van der Waals surface area contributed by atoms with Crippen LogP contribution in [0.2, 0.25) is 10.0 Å². The van der Waals surface area contributed by atoms with E-state index in [1.54, 1.807) is 59.5 Å². The third kappa shape index (κ3) is 6.41. The Morgan fingerprint density at radius 2 is 1.63 bits per heavy atom. The van der Waals surface area contributed by atoms with Crippen molar-refractivity contribution in [3.8, 4) is 0 Å². The molecule has 3 aliphatic rings. The zero-order valence-corrected chi connectivity index (χ0v) is 25.6. The lowest BCUT2D eigenvalue weighted by Crippen LogP contribution is -2.59. The molecule has 0 aromatic heterocycles. The van der Waals surface area contributed by atoms with Crippen LogP contribution in [0.1, 0.15) is 55.4 Å². The highest BCUT2D eigenvalue weighted by atomic mass is 35.5. The molecule has 4 atom stereocenters. The number of hydrogen-bond donors (Lipinski definition) is 1. The van der Waals surface area contributed by atoms with Gasteiger partial charge in [0, 0.05) is 10.0 Å². The van der Waals surface area contributed by atoms with Crippen LogP contribution in [0.15, 0.2) is 78.9 Å². The lowest BCUT2D eigenvalue weighted by atomic mass is 9.89. The largest absolute Gasteiger partial charge is 0.481 e. The zero-order chi connectivity index (χ0) is 30.3. The van der Waals surface area contributed by atoms with Gasteiger partial charge in [0.15, 0.2) is 0 Å². The monoisotopic (exact) mass is 642 g/mol. The second-order valence-corrected chi connectivity index (χ2v) is 14.5. The van der Waals surface area contributed by atoms with Gasteiger partial charge < -0.3 is 14.7 Å². The van der Waals surface area contributed by atoms with Crippen molar-refractivity contribution in [1.82, 2.24) is 4.90 Å². The highest BCUT2D eigenvalue weighted by molar-refractivity contribution is 7.93. The molecule has 3 fully saturated rings. The minimum absolute atomic E-state index is 0.0305. The van der Waals surface area contributed by atoms with E-state index < -0.39 is 57.9 Å². The molecule has 3 aromatic carbocycles. The molecule has 0 spiro atoms. The summed E-state index contributed by atoms with van der Waals surface area (Å²) < 4.78 is 35.5. The van der Waals surface area contributed by atoms with E-state index in [1.807, 2.05) is 24.3 Å². The molecule has 2 aliphatic carbocycles. The second-order valence-electron chi connectivity index (χ2n) is 11.5. The van der Waals surface area contributed by atoms with Crippen molar-refractivity contribution >= 4 is 50.8 Å². The lowest BCUT2D eigenvalue weighted by molar-refractivity contribution is -0.183. The molecule has 1 saturated heterocycles. The molecule has 3 aromatic rings. The Labute approximate surface area is 261 Å². The number of amides is 1. The standard InChI is InChI=1S/C32H32Cl2N2O6S/c33-23-13-11-21(12-14-23)30-31(22-5-4-6-24(34)17-22)42-28(18-29(37)38)32(39)36(30)27(20-9-10-20)19-35(25-7-2-1-3-8-25)43(40,41)26-15-16-26/h1-8,11-14,17,20,26-28,30-31H,9-10,15-16,18-19H2,(H,37,38)/t27-,28+,30-,31-/m1/s1. The number of para-hydroxylation sites is 1. The van der Waals surface area contributed by atoms with Crippen LogP contribution in [0.25, 0.3) is 0 Å². The molecule has 1 heterocycles. The fourth-order valence-electron chi connectivity index (χ4n) is 5.97. The van der Waals surface area contributed by atoms with E-state index in [1.165, 1.54) is 4.31 Å². The summed E-state index contributed by atoms with van der Waals surface area (Å²) in [6, 6.07) is 22.0. The van der Waals surface area contributed by atoms with Crippen molar-refractivity contribution in [3.05, 3.63) is 100 Å². The maximum atomic E-state index is 14.4. The van der Waals surface area contributed by atoms with E-state index >= 15 is 0 Å². The van der Waals surface area contributed by atoms with Gasteiger partial charge in [-0.05, 0) is 79.1 Å². The maximum Gasteiger partial charge on any atom is 0.306 e. The molecular weight excluding hydrogens is 611 g/mol. The number of nitrogens with zero attached hydrogens (tertiary/aromatic N) is 2. The smallest absolute Gasteiger partial charge is 0.306 e. The number of ether oxygens (including phenoxy) is 1. The summed E-state index contributed by atoms with van der Waals surface area (Å²) >= 11 is 12.6. The lowest BCUT2D eigenvalue weighted by Gasteiger charge is -2.49. The molecular formula is C32H32Cl2N2O6S. The molecule has 8 nitrogen and oxygen atoms in total. The molecule has 43 heavy (non-hydrogen) atoms. The van der Waals surface area contributed by atoms with Crippen molar-refractivity contribution in [2.24, 2.45) is 5.92 Å². The Bertz CT molecular complexity index is 1600. The zero-order valence-electron chi connectivity index (χ0n) is 23.3. The summed E-state index contributed by atoms with van der Waals surface area (Å²) in [7, 11) is -3.69. The third-order valence-corrected chi connectivity index (χ3v) is 11.1. The molecule has 0 bridgehead atoms. The van der Waals surface area contributed by atoms with Gasteiger partial charge in [0.25, 0.3) is 5.91 Å². The Morgan fingerprint density at radius 3 is 2.23 bits per heavy atom. The minimum Gasteiger partial charge on any atom is -0.481 e. The number of carboxylic acid groups (broad SMARTS) is 1. The van der Waals surface area contributed by atoms with Gasteiger partial charge in [-0.15, -0.1) is 0 Å². The number of morpholine rings is 1. The van der Waals surface area contributed by atoms with Crippen molar-refractivity contribution in [3.63, 3.8) is 0 Å². The summed E-state index contributed by atoms with van der Waals surface area (Å²) in [5.74, 6) is -1.62. The van der Waals surface area contributed by atoms with E-state index in [9.17, 15) is 23.1 Å². The van der Waals surface area contributed by atoms with Crippen molar-refractivity contribution in [1.29, 1.82) is 0 Å². The van der Waals surface area contributed by atoms with Crippen LogP contribution in [-0.2, 0) is 24.3 Å². The van der Waals surface area contributed by atoms with Crippen molar-refractivity contribution < 1.29 is 27.9 Å². The first-order chi connectivity index (χ1) is 20.6. The second kappa shape index (κ2) is 12.1. The molecule has 0 unspecified atom stereocenters. The van der Waals surface area contributed by atoms with Gasteiger partial charge in [-0.25, -0.2) is 8.42 Å². The Morgan fingerprint density at radius 1 is 0.930 bits per heavy atom. The van der Waals surface area contributed by atoms with E-state index in [0.29, 0.717) is 34.1 Å². The molecule has 2 saturated carbocycles. The molecule has 11 heteroatoms. The quantitative estimate of drug-likeness (QED) is 0.265. The summed E-state index contributed by atoms with van der Waals surface area (Å²) in [4.78, 5) is 28.0. The van der Waals surface area contributed by atoms with E-state index in [2.05, 4.69) is 0 Å². The number of halogens is 2. The van der Waals surface area contributed by atoms with Crippen molar-refractivity contribution in [2.45, 2.75) is 61.6 Å². The average Bonchev–Trinajstić information content (AvgIpc) is 3.89. The number of hydrogen-bond acceptors (Lipinski definition) is 5. The van der Waals surface area contributed by atoms with Crippen LogP contribution in [0.5, 0.6) is 0 Å². The maximum absolute atomic E-state index is 14.4. The normalized spacial score (nSPS) is 23.2. The highest BCUT2D eigenvalue weighted by Crippen LogP contribution is 2.49. The fourth-order valence-corrected chi connectivity index (χ4v) is 8.17. The number of rotatable bonds is 11. The summed E-state index contributed by atoms with van der Waals surface area (Å²) in [5.41, 5.74) is 1.95. The Kier molecular flexibility index (Phi) is 8.43. The molecule has 6 rings (SSSR count). The summed E-state index contributed by atoms with van der Waals surface area (Å²) in [5, 5.41) is 10.3. The van der Waals surface area contributed by atoms with Crippen LogP contribution in [0, 0.1) is 5.92 Å². The number of anilines is 1. The van der Waals surface area contributed by atoms with Gasteiger partial charge in [-0.2, -0.15) is 0 Å². The molecule has 1 amide bonds. The number of carbonyl (C=O) groups excluding carboxylic acids is 1. The predicted octanol–water partition coefficient (Wildman–Crippen LogP) is 6.26. The topological polar surface area (TPSA) is 104 Å². The van der Waals surface area contributed by atoms with Gasteiger partial charge in [0.2, 0.25) is 10.0 Å².